The highest BCUT2D eigenvalue weighted by Crippen LogP contribution is 2.12. The minimum Gasteiger partial charge on any atom is -0.383 e. The van der Waals surface area contributed by atoms with Gasteiger partial charge in [0.25, 0.3) is 0 Å². The molecule has 118 valence electrons. The maximum Gasteiger partial charge on any atom is 0.243 e. The molecule has 0 bridgehead atoms. The topological polar surface area (TPSA) is 82.8 Å². The lowest BCUT2D eigenvalue weighted by Gasteiger charge is -2.12. The largest absolute Gasteiger partial charge is 0.383 e. The van der Waals surface area contributed by atoms with Gasteiger partial charge in [0.1, 0.15) is 6.04 Å². The van der Waals surface area contributed by atoms with Crippen molar-refractivity contribution in [2.75, 3.05) is 38.9 Å². The molecular weight excluding hydrogens is 272 g/mol. The summed E-state index contributed by atoms with van der Waals surface area (Å²) in [7, 11) is 1.51. The first-order valence-electron chi connectivity index (χ1n) is 6.97. The SMILES string of the molecule is CCOCCOCc1cccc(NC(=O)C(N)COC)c1. The fourth-order valence-electron chi connectivity index (χ4n) is 1.68. The van der Waals surface area contributed by atoms with Gasteiger partial charge >= 0.3 is 0 Å². The fourth-order valence-corrected chi connectivity index (χ4v) is 1.68. The van der Waals surface area contributed by atoms with Gasteiger partial charge in [-0.1, -0.05) is 12.1 Å². The molecule has 0 aliphatic rings. The second-order valence-corrected chi connectivity index (χ2v) is 4.50. The van der Waals surface area contributed by atoms with Crippen LogP contribution in [-0.2, 0) is 25.6 Å². The number of hydrogen-bond donors (Lipinski definition) is 2. The van der Waals surface area contributed by atoms with E-state index in [-0.39, 0.29) is 12.5 Å². The predicted molar refractivity (Wildman–Crippen MR) is 81.1 cm³/mol. The van der Waals surface area contributed by atoms with Crippen LogP contribution in [0.5, 0.6) is 0 Å². The molecule has 0 saturated heterocycles. The summed E-state index contributed by atoms with van der Waals surface area (Å²) in [6, 6.07) is 6.78. The van der Waals surface area contributed by atoms with Gasteiger partial charge in [-0.2, -0.15) is 0 Å². The summed E-state index contributed by atoms with van der Waals surface area (Å²) in [6.07, 6.45) is 0. The molecule has 0 aromatic heterocycles. The quantitative estimate of drug-likeness (QED) is 0.633. The number of rotatable bonds is 10. The van der Waals surface area contributed by atoms with Crippen molar-refractivity contribution in [3.8, 4) is 0 Å². The van der Waals surface area contributed by atoms with E-state index in [0.717, 1.165) is 5.56 Å². The first-order chi connectivity index (χ1) is 10.2. The van der Waals surface area contributed by atoms with Crippen molar-refractivity contribution in [1.29, 1.82) is 0 Å². The van der Waals surface area contributed by atoms with E-state index in [1.807, 2.05) is 25.1 Å². The number of amides is 1. The van der Waals surface area contributed by atoms with Crippen LogP contribution in [0.4, 0.5) is 5.69 Å². The zero-order chi connectivity index (χ0) is 15.5. The van der Waals surface area contributed by atoms with E-state index in [9.17, 15) is 4.79 Å². The Bertz CT molecular complexity index is 426. The zero-order valence-corrected chi connectivity index (χ0v) is 12.6. The second-order valence-electron chi connectivity index (χ2n) is 4.50. The van der Waals surface area contributed by atoms with Gasteiger partial charge in [-0.3, -0.25) is 4.79 Å². The molecule has 1 rings (SSSR count). The Kier molecular flexibility index (Phi) is 8.61. The normalized spacial score (nSPS) is 12.1. The predicted octanol–water partition coefficient (Wildman–Crippen LogP) is 1.15. The third-order valence-electron chi connectivity index (χ3n) is 2.72. The summed E-state index contributed by atoms with van der Waals surface area (Å²) in [5.74, 6) is -0.272. The molecule has 1 unspecified atom stereocenters. The number of methoxy groups -OCH3 is 1. The lowest BCUT2D eigenvalue weighted by molar-refractivity contribution is -0.118. The Morgan fingerprint density at radius 2 is 2.10 bits per heavy atom. The third-order valence-corrected chi connectivity index (χ3v) is 2.72. The van der Waals surface area contributed by atoms with Gasteiger partial charge in [0, 0.05) is 19.4 Å². The molecule has 6 heteroatoms. The van der Waals surface area contributed by atoms with Crippen molar-refractivity contribution < 1.29 is 19.0 Å². The van der Waals surface area contributed by atoms with E-state index in [4.69, 9.17) is 19.9 Å². The molecule has 1 atom stereocenters. The molecular formula is C15H24N2O4. The van der Waals surface area contributed by atoms with Crippen molar-refractivity contribution in [2.45, 2.75) is 19.6 Å². The maximum atomic E-state index is 11.8. The zero-order valence-electron chi connectivity index (χ0n) is 12.6. The minimum absolute atomic E-state index is 0.187. The van der Waals surface area contributed by atoms with Gasteiger partial charge in [-0.15, -0.1) is 0 Å². The van der Waals surface area contributed by atoms with E-state index in [2.05, 4.69) is 5.32 Å². The van der Waals surface area contributed by atoms with E-state index in [0.29, 0.717) is 32.1 Å². The third kappa shape index (κ3) is 7.19. The highest BCUT2D eigenvalue weighted by atomic mass is 16.5. The summed E-state index contributed by atoms with van der Waals surface area (Å²) in [6.45, 7) is 4.42. The molecule has 1 aromatic rings. The van der Waals surface area contributed by atoms with Gasteiger partial charge < -0.3 is 25.3 Å². The summed E-state index contributed by atoms with van der Waals surface area (Å²) >= 11 is 0. The number of hydrogen-bond acceptors (Lipinski definition) is 5. The van der Waals surface area contributed by atoms with Gasteiger partial charge in [-0.25, -0.2) is 0 Å². The van der Waals surface area contributed by atoms with Crippen molar-refractivity contribution >= 4 is 11.6 Å². The highest BCUT2D eigenvalue weighted by Gasteiger charge is 2.13. The van der Waals surface area contributed by atoms with Gasteiger partial charge in [-0.05, 0) is 24.6 Å². The molecule has 0 saturated carbocycles. The van der Waals surface area contributed by atoms with Gasteiger partial charge in [0.15, 0.2) is 0 Å². The number of benzene rings is 1. The Balaban J connectivity index is 2.43. The number of nitrogens with one attached hydrogen (secondary N) is 1. The Morgan fingerprint density at radius 1 is 1.33 bits per heavy atom. The van der Waals surface area contributed by atoms with Crippen LogP contribution in [0.1, 0.15) is 12.5 Å². The van der Waals surface area contributed by atoms with Crippen molar-refractivity contribution in [3.05, 3.63) is 29.8 Å². The first-order valence-corrected chi connectivity index (χ1v) is 6.97. The molecule has 1 aromatic carbocycles. The molecule has 0 fully saturated rings. The van der Waals surface area contributed by atoms with Crippen LogP contribution >= 0.6 is 0 Å². The molecule has 0 radical (unpaired) electrons. The summed E-state index contributed by atoms with van der Waals surface area (Å²) < 4.78 is 15.5. The van der Waals surface area contributed by atoms with Crippen molar-refractivity contribution in [3.63, 3.8) is 0 Å². The van der Waals surface area contributed by atoms with E-state index in [1.54, 1.807) is 6.07 Å². The lowest BCUT2D eigenvalue weighted by Crippen LogP contribution is -2.39. The number of carbonyl (C=O) groups is 1. The monoisotopic (exact) mass is 296 g/mol. The highest BCUT2D eigenvalue weighted by molar-refractivity contribution is 5.94. The van der Waals surface area contributed by atoms with Crippen LogP contribution in [0.2, 0.25) is 0 Å². The second kappa shape index (κ2) is 10.3. The van der Waals surface area contributed by atoms with Crippen LogP contribution in [-0.4, -0.2) is 45.5 Å². The molecule has 1 amide bonds. The number of nitrogens with two attached hydrogens (primary N) is 1. The lowest BCUT2D eigenvalue weighted by atomic mass is 10.2. The molecule has 0 spiro atoms. The molecule has 3 N–H and O–H groups in total. The Morgan fingerprint density at radius 3 is 2.81 bits per heavy atom. The van der Waals surface area contributed by atoms with Crippen LogP contribution in [0, 0.1) is 0 Å². The molecule has 21 heavy (non-hydrogen) atoms. The summed E-state index contributed by atoms with van der Waals surface area (Å²) in [5, 5.41) is 2.75. The Labute approximate surface area is 125 Å². The molecule has 6 nitrogen and oxygen atoms in total. The van der Waals surface area contributed by atoms with Gasteiger partial charge in [0.05, 0.1) is 26.4 Å². The molecule has 0 aliphatic heterocycles. The van der Waals surface area contributed by atoms with E-state index in [1.165, 1.54) is 7.11 Å². The fraction of sp³-hybridized carbons (Fsp3) is 0.533. The van der Waals surface area contributed by atoms with Crippen LogP contribution in [0.25, 0.3) is 0 Å². The summed E-state index contributed by atoms with van der Waals surface area (Å²) in [4.78, 5) is 11.8. The van der Waals surface area contributed by atoms with E-state index < -0.39 is 6.04 Å². The summed E-state index contributed by atoms with van der Waals surface area (Å²) in [5.41, 5.74) is 7.33. The minimum atomic E-state index is -0.680. The van der Waals surface area contributed by atoms with Crippen LogP contribution < -0.4 is 11.1 Å². The average molecular weight is 296 g/mol. The van der Waals surface area contributed by atoms with E-state index >= 15 is 0 Å². The van der Waals surface area contributed by atoms with Crippen molar-refractivity contribution in [2.24, 2.45) is 5.73 Å². The standard InChI is InChI=1S/C15H24N2O4/c1-3-20-7-8-21-10-12-5-4-6-13(9-12)17-15(18)14(16)11-19-2/h4-6,9,14H,3,7-8,10-11,16H2,1-2H3,(H,17,18). The Hall–Kier alpha value is -1.47. The van der Waals surface area contributed by atoms with Crippen molar-refractivity contribution in [1.82, 2.24) is 0 Å². The maximum absolute atomic E-state index is 11.8. The van der Waals surface area contributed by atoms with Crippen LogP contribution in [0.15, 0.2) is 24.3 Å². The number of carbonyl (C=O) groups excluding carboxylic acids is 1. The first kappa shape index (κ1) is 17.6. The molecule has 0 heterocycles. The molecule has 0 aliphatic carbocycles. The average Bonchev–Trinajstić information content (AvgIpc) is 2.47. The van der Waals surface area contributed by atoms with Crippen LogP contribution in [0.3, 0.4) is 0 Å². The number of anilines is 1. The smallest absolute Gasteiger partial charge is 0.243 e. The number of ether oxygens (including phenoxy) is 3. The van der Waals surface area contributed by atoms with Gasteiger partial charge in [0.2, 0.25) is 5.91 Å².